The van der Waals surface area contributed by atoms with E-state index in [1.54, 1.807) is 16.7 Å². The van der Waals surface area contributed by atoms with Crippen LogP contribution in [0.2, 0.25) is 0 Å². The zero-order valence-electron chi connectivity index (χ0n) is 17.6. The average Bonchev–Trinajstić information content (AvgIpc) is 3.45. The van der Waals surface area contributed by atoms with Gasteiger partial charge in [-0.1, -0.05) is 35.4 Å². The summed E-state index contributed by atoms with van der Waals surface area (Å²) in [6, 6.07) is 15.9. The van der Waals surface area contributed by atoms with Gasteiger partial charge in [-0.15, -0.1) is 0 Å². The molecular formula is C24H24N4O2S. The van der Waals surface area contributed by atoms with Crippen molar-refractivity contribution in [1.82, 2.24) is 9.78 Å². The first kappa shape index (κ1) is 19.9. The molecular weight excluding hydrogens is 408 g/mol. The van der Waals surface area contributed by atoms with Crippen LogP contribution >= 0.6 is 11.8 Å². The van der Waals surface area contributed by atoms with Crippen LogP contribution in [0.3, 0.4) is 0 Å². The molecule has 1 N–H and O–H groups in total. The molecule has 1 aromatic heterocycles. The Kier molecular flexibility index (Phi) is 5.06. The predicted octanol–water partition coefficient (Wildman–Crippen LogP) is 4.23. The maximum Gasteiger partial charge on any atom is 0.230 e. The van der Waals surface area contributed by atoms with Crippen LogP contribution in [0.5, 0.6) is 0 Å². The van der Waals surface area contributed by atoms with Crippen molar-refractivity contribution in [2.24, 2.45) is 5.92 Å². The first-order valence-corrected chi connectivity index (χ1v) is 11.6. The summed E-state index contributed by atoms with van der Waals surface area (Å²) in [6.07, 6.45) is 0.218. The molecule has 7 heteroatoms. The van der Waals surface area contributed by atoms with Crippen molar-refractivity contribution in [1.29, 1.82) is 0 Å². The Bertz CT molecular complexity index is 1150. The van der Waals surface area contributed by atoms with Gasteiger partial charge in [0.1, 0.15) is 5.82 Å². The molecule has 31 heavy (non-hydrogen) atoms. The summed E-state index contributed by atoms with van der Waals surface area (Å²) in [5, 5.41) is 7.88. The van der Waals surface area contributed by atoms with Gasteiger partial charge < -0.3 is 10.2 Å². The van der Waals surface area contributed by atoms with E-state index in [2.05, 4.69) is 5.32 Å². The van der Waals surface area contributed by atoms with Crippen molar-refractivity contribution in [3.63, 3.8) is 0 Å². The molecule has 0 aliphatic carbocycles. The lowest BCUT2D eigenvalue weighted by atomic mass is 10.1. The molecule has 0 radical (unpaired) electrons. The Hall–Kier alpha value is -3.06. The van der Waals surface area contributed by atoms with Crippen LogP contribution in [0.25, 0.3) is 5.69 Å². The lowest BCUT2D eigenvalue weighted by Gasteiger charge is -2.17. The minimum Gasteiger partial charge on any atom is -0.312 e. The first-order valence-electron chi connectivity index (χ1n) is 10.4. The molecule has 3 aromatic rings. The van der Waals surface area contributed by atoms with Crippen LogP contribution < -0.4 is 10.2 Å². The maximum absolute atomic E-state index is 13.2. The molecule has 2 aliphatic heterocycles. The molecule has 1 unspecified atom stereocenters. The summed E-state index contributed by atoms with van der Waals surface area (Å²) in [6.45, 7) is 4.45. The van der Waals surface area contributed by atoms with E-state index in [1.807, 2.05) is 67.1 Å². The number of nitrogens with one attached hydrogen (secondary N) is 1. The van der Waals surface area contributed by atoms with Gasteiger partial charge in [-0.2, -0.15) is 16.9 Å². The lowest BCUT2D eigenvalue weighted by Crippen LogP contribution is -2.28. The molecule has 6 nitrogen and oxygen atoms in total. The zero-order valence-corrected chi connectivity index (χ0v) is 18.4. The monoisotopic (exact) mass is 432 g/mol. The van der Waals surface area contributed by atoms with Crippen molar-refractivity contribution in [3.05, 3.63) is 70.9 Å². The van der Waals surface area contributed by atoms with Gasteiger partial charge in [0.15, 0.2) is 0 Å². The number of thioether (sulfide) groups is 1. The van der Waals surface area contributed by atoms with Gasteiger partial charge >= 0.3 is 0 Å². The Morgan fingerprint density at radius 1 is 1.00 bits per heavy atom. The number of anilines is 2. The van der Waals surface area contributed by atoms with E-state index >= 15 is 0 Å². The Labute approximate surface area is 185 Å². The molecule has 1 fully saturated rings. The van der Waals surface area contributed by atoms with Crippen LogP contribution in [0, 0.1) is 19.8 Å². The van der Waals surface area contributed by atoms with Gasteiger partial charge in [0.25, 0.3) is 0 Å². The van der Waals surface area contributed by atoms with Crippen molar-refractivity contribution in [2.75, 3.05) is 16.8 Å². The molecule has 1 atom stereocenters. The standard InChI is InChI=1S/C24H24N4O2S/c1-15-3-7-18(8-4-15)27-12-17(11-22(27)29)24(30)25-23-20-13-31-14-21(20)26-28(23)19-9-5-16(2)6-10-19/h3-10,17H,11-14H2,1-2H3,(H,25,30). The number of nitrogens with zero attached hydrogens (tertiary/aromatic N) is 3. The summed E-state index contributed by atoms with van der Waals surface area (Å²) in [5.74, 6) is 1.87. The van der Waals surface area contributed by atoms with E-state index in [9.17, 15) is 9.59 Å². The number of aryl methyl sites for hydroxylation is 2. The van der Waals surface area contributed by atoms with E-state index in [4.69, 9.17) is 5.10 Å². The van der Waals surface area contributed by atoms with Gasteiger partial charge in [-0.25, -0.2) is 4.68 Å². The fourth-order valence-corrected chi connectivity index (χ4v) is 5.13. The third-order valence-electron chi connectivity index (χ3n) is 5.91. The smallest absolute Gasteiger partial charge is 0.230 e. The average molecular weight is 433 g/mol. The summed E-state index contributed by atoms with van der Waals surface area (Å²) < 4.78 is 1.83. The molecule has 0 spiro atoms. The van der Waals surface area contributed by atoms with Gasteiger partial charge in [0, 0.05) is 35.7 Å². The van der Waals surface area contributed by atoms with Crippen LogP contribution in [-0.2, 0) is 21.1 Å². The molecule has 2 aromatic carbocycles. The second kappa shape index (κ2) is 7.89. The SMILES string of the molecule is Cc1ccc(N2CC(C(=O)Nc3c4c(nn3-c3ccc(C)cc3)CSC4)CC2=O)cc1. The van der Waals surface area contributed by atoms with E-state index < -0.39 is 0 Å². The summed E-state index contributed by atoms with van der Waals surface area (Å²) in [4.78, 5) is 27.5. The highest BCUT2D eigenvalue weighted by Gasteiger charge is 2.36. The van der Waals surface area contributed by atoms with Crippen LogP contribution in [0.1, 0.15) is 28.8 Å². The molecule has 0 saturated carbocycles. The number of benzene rings is 2. The third-order valence-corrected chi connectivity index (χ3v) is 6.88. The number of carbonyl (C=O) groups excluding carboxylic acids is 2. The van der Waals surface area contributed by atoms with E-state index in [1.165, 1.54) is 5.56 Å². The molecule has 158 valence electrons. The van der Waals surface area contributed by atoms with Crippen LogP contribution in [0.4, 0.5) is 11.5 Å². The molecule has 2 amide bonds. The quantitative estimate of drug-likeness (QED) is 0.670. The van der Waals surface area contributed by atoms with Gasteiger partial charge in [-0.05, 0) is 38.1 Å². The Morgan fingerprint density at radius 2 is 1.65 bits per heavy atom. The minimum atomic E-state index is -0.389. The summed E-state index contributed by atoms with van der Waals surface area (Å²) in [7, 11) is 0. The van der Waals surface area contributed by atoms with Crippen molar-refractivity contribution < 1.29 is 9.59 Å². The Morgan fingerprint density at radius 3 is 2.32 bits per heavy atom. The van der Waals surface area contributed by atoms with Crippen molar-refractivity contribution in [2.45, 2.75) is 31.8 Å². The third kappa shape index (κ3) is 3.74. The zero-order chi connectivity index (χ0) is 21.5. The molecule has 5 rings (SSSR count). The van der Waals surface area contributed by atoms with Crippen LogP contribution in [0.15, 0.2) is 48.5 Å². The summed E-state index contributed by atoms with van der Waals surface area (Å²) in [5.41, 5.74) is 6.17. The number of hydrogen-bond acceptors (Lipinski definition) is 4. The highest BCUT2D eigenvalue weighted by Crippen LogP contribution is 2.36. The topological polar surface area (TPSA) is 67.2 Å². The summed E-state index contributed by atoms with van der Waals surface area (Å²) >= 11 is 1.80. The highest BCUT2D eigenvalue weighted by molar-refractivity contribution is 7.98. The normalized spacial score (nSPS) is 17.8. The number of amides is 2. The largest absolute Gasteiger partial charge is 0.312 e. The van der Waals surface area contributed by atoms with Crippen molar-refractivity contribution >= 4 is 35.1 Å². The molecule has 2 aliphatic rings. The number of hydrogen-bond donors (Lipinski definition) is 1. The van der Waals surface area contributed by atoms with Gasteiger partial charge in [0.05, 0.1) is 17.3 Å². The Balaban J connectivity index is 1.39. The van der Waals surface area contributed by atoms with Gasteiger partial charge in [0.2, 0.25) is 11.8 Å². The minimum absolute atomic E-state index is 0.0168. The predicted molar refractivity (Wildman–Crippen MR) is 124 cm³/mol. The molecule has 1 saturated heterocycles. The fourth-order valence-electron chi connectivity index (χ4n) is 4.09. The van der Waals surface area contributed by atoms with E-state index in [0.717, 1.165) is 45.5 Å². The van der Waals surface area contributed by atoms with E-state index in [-0.39, 0.29) is 24.2 Å². The fraction of sp³-hybridized carbons (Fsp3) is 0.292. The van der Waals surface area contributed by atoms with E-state index in [0.29, 0.717) is 6.54 Å². The van der Waals surface area contributed by atoms with Crippen molar-refractivity contribution in [3.8, 4) is 5.69 Å². The highest BCUT2D eigenvalue weighted by atomic mass is 32.2. The molecule has 0 bridgehead atoms. The second-order valence-electron chi connectivity index (χ2n) is 8.24. The number of carbonyl (C=O) groups is 2. The number of rotatable bonds is 4. The number of fused-ring (bicyclic) bond motifs is 1. The molecule has 3 heterocycles. The van der Waals surface area contributed by atoms with Gasteiger partial charge in [-0.3, -0.25) is 9.59 Å². The van der Waals surface area contributed by atoms with Crippen LogP contribution in [-0.4, -0.2) is 28.1 Å². The first-order chi connectivity index (χ1) is 15.0. The maximum atomic E-state index is 13.2. The lowest BCUT2D eigenvalue weighted by molar-refractivity contribution is -0.122. The second-order valence-corrected chi connectivity index (χ2v) is 9.23. The number of aromatic nitrogens is 2.